The van der Waals surface area contributed by atoms with E-state index in [-0.39, 0.29) is 5.56 Å². The molecule has 0 radical (unpaired) electrons. The van der Waals surface area contributed by atoms with E-state index in [1.54, 1.807) is 18.2 Å². The van der Waals surface area contributed by atoms with Crippen LogP contribution in [-0.2, 0) is 0 Å². The molecular weight excluding hydrogens is 308 g/mol. The van der Waals surface area contributed by atoms with Crippen LogP contribution < -0.4 is 0 Å². The number of aromatic amines is 1. The normalized spacial score (nSPS) is 10.8. The van der Waals surface area contributed by atoms with E-state index in [9.17, 15) is 4.79 Å². The van der Waals surface area contributed by atoms with Gasteiger partial charge in [0, 0.05) is 10.0 Å². The zero-order valence-electron chi connectivity index (χ0n) is 9.72. The van der Waals surface area contributed by atoms with Crippen LogP contribution in [0.2, 0.25) is 0 Å². The number of nitrogens with one attached hydrogen (secondary N) is 1. The number of rotatable bonds is 2. The van der Waals surface area contributed by atoms with Crippen LogP contribution >= 0.6 is 15.9 Å². The highest BCUT2D eigenvalue weighted by molar-refractivity contribution is 9.10. The number of carbonyl (C=O) groups is 1. The Morgan fingerprint density at radius 3 is 2.84 bits per heavy atom. The maximum atomic E-state index is 11.0. The van der Waals surface area contributed by atoms with Crippen LogP contribution in [0.25, 0.3) is 22.4 Å². The molecule has 0 bridgehead atoms. The minimum atomic E-state index is -0.944. The van der Waals surface area contributed by atoms with Crippen molar-refractivity contribution >= 4 is 32.9 Å². The van der Waals surface area contributed by atoms with E-state index in [0.717, 1.165) is 21.1 Å². The summed E-state index contributed by atoms with van der Waals surface area (Å²) < 4.78 is 0.967. The minimum absolute atomic E-state index is 0.249. The highest BCUT2D eigenvalue weighted by Crippen LogP contribution is 2.23. The van der Waals surface area contributed by atoms with E-state index in [0.29, 0.717) is 5.82 Å². The number of benzene rings is 2. The molecule has 0 saturated carbocycles. The van der Waals surface area contributed by atoms with Crippen LogP contribution in [0.4, 0.5) is 0 Å². The van der Waals surface area contributed by atoms with Gasteiger partial charge in [-0.2, -0.15) is 0 Å². The fraction of sp³-hybridized carbons (Fsp3) is 0. The molecule has 19 heavy (non-hydrogen) atoms. The summed E-state index contributed by atoms with van der Waals surface area (Å²) in [6.07, 6.45) is 0. The molecule has 0 unspecified atom stereocenters. The molecule has 1 aromatic heterocycles. The van der Waals surface area contributed by atoms with Crippen molar-refractivity contribution in [3.8, 4) is 11.4 Å². The van der Waals surface area contributed by atoms with Crippen LogP contribution in [0.5, 0.6) is 0 Å². The molecule has 0 saturated heterocycles. The first-order valence-electron chi connectivity index (χ1n) is 5.62. The molecule has 0 amide bonds. The first-order chi connectivity index (χ1) is 9.13. The third kappa shape index (κ3) is 2.24. The fourth-order valence-corrected chi connectivity index (χ4v) is 2.28. The van der Waals surface area contributed by atoms with Crippen LogP contribution in [0.3, 0.4) is 0 Å². The Hall–Kier alpha value is -2.14. The summed E-state index contributed by atoms with van der Waals surface area (Å²) in [5.41, 5.74) is 2.76. The van der Waals surface area contributed by atoms with E-state index in [1.165, 1.54) is 0 Å². The average Bonchev–Trinajstić information content (AvgIpc) is 2.81. The third-order valence-corrected chi connectivity index (χ3v) is 3.32. The molecule has 0 atom stereocenters. The maximum Gasteiger partial charge on any atom is 0.335 e. The first-order valence-corrected chi connectivity index (χ1v) is 6.42. The Labute approximate surface area is 117 Å². The molecule has 0 spiro atoms. The standard InChI is InChI=1S/C14H9BrN2O2/c15-10-4-5-11-12(7-10)17-13(16-11)8-2-1-3-9(6-8)14(18)19/h1-7H,(H,16,17)(H,18,19). The van der Waals surface area contributed by atoms with Crippen molar-refractivity contribution in [2.75, 3.05) is 0 Å². The summed E-state index contributed by atoms with van der Waals surface area (Å²) in [4.78, 5) is 18.6. The van der Waals surface area contributed by atoms with Gasteiger partial charge in [-0.1, -0.05) is 28.1 Å². The number of H-pyrrole nitrogens is 1. The van der Waals surface area contributed by atoms with Gasteiger partial charge in [0.1, 0.15) is 5.82 Å². The molecule has 1 heterocycles. The molecule has 5 heteroatoms. The molecule has 2 aromatic carbocycles. The molecular formula is C14H9BrN2O2. The van der Waals surface area contributed by atoms with E-state index < -0.39 is 5.97 Å². The van der Waals surface area contributed by atoms with Gasteiger partial charge in [0.2, 0.25) is 0 Å². The van der Waals surface area contributed by atoms with Gasteiger partial charge in [0.25, 0.3) is 0 Å². The molecule has 4 nitrogen and oxygen atoms in total. The predicted octanol–water partition coefficient (Wildman–Crippen LogP) is 3.69. The highest BCUT2D eigenvalue weighted by atomic mass is 79.9. The van der Waals surface area contributed by atoms with Crippen molar-refractivity contribution in [1.29, 1.82) is 0 Å². The van der Waals surface area contributed by atoms with Crippen molar-refractivity contribution in [3.05, 3.63) is 52.5 Å². The summed E-state index contributed by atoms with van der Waals surface area (Å²) in [6.45, 7) is 0. The number of imidazole rings is 1. The summed E-state index contributed by atoms with van der Waals surface area (Å²) >= 11 is 3.40. The van der Waals surface area contributed by atoms with Gasteiger partial charge >= 0.3 is 5.97 Å². The van der Waals surface area contributed by atoms with Crippen molar-refractivity contribution in [2.45, 2.75) is 0 Å². The fourth-order valence-electron chi connectivity index (χ4n) is 1.92. The Kier molecular flexibility index (Phi) is 2.83. The lowest BCUT2D eigenvalue weighted by Crippen LogP contribution is -1.95. The number of carboxylic acids is 1. The number of nitrogens with zero attached hydrogens (tertiary/aromatic N) is 1. The number of halogens is 1. The number of carboxylic acid groups (broad SMARTS) is 1. The quantitative estimate of drug-likeness (QED) is 0.757. The largest absolute Gasteiger partial charge is 0.478 e. The Morgan fingerprint density at radius 1 is 1.21 bits per heavy atom. The van der Waals surface area contributed by atoms with Gasteiger partial charge in [-0.05, 0) is 30.3 Å². The van der Waals surface area contributed by atoms with Crippen molar-refractivity contribution in [1.82, 2.24) is 9.97 Å². The molecule has 3 aromatic rings. The van der Waals surface area contributed by atoms with E-state index >= 15 is 0 Å². The number of hydrogen-bond acceptors (Lipinski definition) is 2. The zero-order valence-corrected chi connectivity index (χ0v) is 11.3. The van der Waals surface area contributed by atoms with Crippen molar-refractivity contribution in [3.63, 3.8) is 0 Å². The lowest BCUT2D eigenvalue weighted by molar-refractivity contribution is 0.0697. The first kappa shape index (κ1) is 11.9. The number of aromatic nitrogens is 2. The molecule has 0 aliphatic carbocycles. The molecule has 0 aliphatic heterocycles. The SMILES string of the molecule is O=C(O)c1cccc(-c2nc3ccc(Br)cc3[nH]2)c1. The predicted molar refractivity (Wildman–Crippen MR) is 76.2 cm³/mol. The number of fused-ring (bicyclic) bond motifs is 1. The van der Waals surface area contributed by atoms with Crippen LogP contribution in [-0.4, -0.2) is 21.0 Å². The zero-order chi connectivity index (χ0) is 13.4. The molecule has 0 fully saturated rings. The second kappa shape index (κ2) is 4.51. The molecule has 3 rings (SSSR count). The van der Waals surface area contributed by atoms with Crippen molar-refractivity contribution in [2.24, 2.45) is 0 Å². The highest BCUT2D eigenvalue weighted by Gasteiger charge is 2.08. The minimum Gasteiger partial charge on any atom is -0.478 e. The summed E-state index contributed by atoms with van der Waals surface area (Å²) in [5, 5.41) is 9.00. The summed E-state index contributed by atoms with van der Waals surface area (Å²) in [5.74, 6) is -0.281. The van der Waals surface area contributed by atoms with Gasteiger partial charge in [-0.3, -0.25) is 0 Å². The number of hydrogen-bond donors (Lipinski definition) is 2. The lowest BCUT2D eigenvalue weighted by atomic mass is 10.1. The van der Waals surface area contributed by atoms with Crippen molar-refractivity contribution < 1.29 is 9.90 Å². The second-order valence-corrected chi connectivity index (χ2v) is 5.05. The van der Waals surface area contributed by atoms with Crippen LogP contribution in [0.15, 0.2) is 46.9 Å². The summed E-state index contributed by atoms with van der Waals surface area (Å²) in [6, 6.07) is 12.5. The van der Waals surface area contributed by atoms with Gasteiger partial charge in [-0.15, -0.1) is 0 Å². The van der Waals surface area contributed by atoms with E-state index in [2.05, 4.69) is 25.9 Å². The average molecular weight is 317 g/mol. The maximum absolute atomic E-state index is 11.0. The Morgan fingerprint density at radius 2 is 2.05 bits per heavy atom. The molecule has 94 valence electrons. The number of aromatic carboxylic acids is 1. The van der Waals surface area contributed by atoms with Gasteiger partial charge in [0.05, 0.1) is 16.6 Å². The van der Waals surface area contributed by atoms with Gasteiger partial charge in [0.15, 0.2) is 0 Å². The Balaban J connectivity index is 2.13. The molecule has 2 N–H and O–H groups in total. The van der Waals surface area contributed by atoms with Crippen LogP contribution in [0.1, 0.15) is 10.4 Å². The molecule has 0 aliphatic rings. The van der Waals surface area contributed by atoms with Crippen LogP contribution in [0, 0.1) is 0 Å². The smallest absolute Gasteiger partial charge is 0.335 e. The van der Waals surface area contributed by atoms with E-state index in [1.807, 2.05) is 24.3 Å². The second-order valence-electron chi connectivity index (χ2n) is 4.13. The Bertz CT molecular complexity index is 780. The summed E-state index contributed by atoms with van der Waals surface area (Å²) in [7, 11) is 0. The third-order valence-electron chi connectivity index (χ3n) is 2.83. The van der Waals surface area contributed by atoms with E-state index in [4.69, 9.17) is 5.11 Å². The monoisotopic (exact) mass is 316 g/mol. The topological polar surface area (TPSA) is 66.0 Å². The van der Waals surface area contributed by atoms with Gasteiger partial charge in [-0.25, -0.2) is 9.78 Å². The lowest BCUT2D eigenvalue weighted by Gasteiger charge is -1.98. The van der Waals surface area contributed by atoms with Gasteiger partial charge < -0.3 is 10.1 Å².